The Kier molecular flexibility index (Phi) is 9.70. The Balaban J connectivity index is 0.885. The zero-order chi connectivity index (χ0) is 39.5. The summed E-state index contributed by atoms with van der Waals surface area (Å²) in [5.41, 5.74) is -0.278. The Morgan fingerprint density at radius 3 is 2.55 bits per heavy atom. The highest BCUT2D eigenvalue weighted by Crippen LogP contribution is 2.38. The summed E-state index contributed by atoms with van der Waals surface area (Å²) in [7, 11) is 1.62. The molecule has 2 aromatic carbocycles. The number of aromatic nitrogens is 6. The van der Waals surface area contributed by atoms with E-state index >= 15 is 8.78 Å². The van der Waals surface area contributed by atoms with Crippen LogP contribution in [0.3, 0.4) is 0 Å². The predicted molar refractivity (Wildman–Crippen MR) is 193 cm³/mol. The maximum atomic E-state index is 16.1. The fourth-order valence-electron chi connectivity index (χ4n) is 8.62. The molecule has 2 aliphatic heterocycles. The molecule has 0 radical (unpaired) electrons. The van der Waals surface area contributed by atoms with E-state index in [-0.39, 0.29) is 48.2 Å². The van der Waals surface area contributed by atoms with Gasteiger partial charge in [-0.25, -0.2) is 18.6 Å². The summed E-state index contributed by atoms with van der Waals surface area (Å²) in [6, 6.07) is 7.11. The Labute approximate surface area is 315 Å². The first-order chi connectivity index (χ1) is 26.7. The standard InChI is InChI=1S/C38H38F5N9O4/c1-49-34-25(3-2-4-29(34)52(37(49)56)30-9-10-32(53)47-36(30)55)24-11-12-50(19-27(24)40)17-20-5-7-23(8-6-20)51-18-21-13-22(14-26(39)33(21)48-51)45-35(54)28-15-44-16-31(46-28)38(41,42)43/h2-4,13-16,18,20,23-24,27,30H,5-12,17,19H2,1H3,(H,45,54)(H,47,53,55)/t20?,23?,24-,27+,30?/m0/s1. The number of benzene rings is 2. The number of fused-ring (bicyclic) bond motifs is 2. The van der Waals surface area contributed by atoms with Crippen molar-refractivity contribution in [3.05, 3.63) is 82.2 Å². The molecule has 56 heavy (non-hydrogen) atoms. The van der Waals surface area contributed by atoms with Crippen molar-refractivity contribution < 1.29 is 36.3 Å². The lowest BCUT2D eigenvalue weighted by Gasteiger charge is -2.38. The minimum Gasteiger partial charge on any atom is -0.320 e. The molecule has 3 aliphatic rings. The second kappa shape index (κ2) is 14.5. The molecule has 0 spiro atoms. The van der Waals surface area contributed by atoms with Crippen LogP contribution < -0.4 is 16.3 Å². The first kappa shape index (κ1) is 37.4. The third kappa shape index (κ3) is 7.05. The maximum absolute atomic E-state index is 16.1. The third-order valence-corrected chi connectivity index (χ3v) is 11.4. The van der Waals surface area contributed by atoms with Gasteiger partial charge < -0.3 is 10.2 Å². The number of amides is 3. The molecule has 2 N–H and O–H groups in total. The number of likely N-dealkylation sites (tertiary alicyclic amines) is 1. The maximum Gasteiger partial charge on any atom is 0.434 e. The second-order valence-corrected chi connectivity index (χ2v) is 15.0. The Hall–Kier alpha value is -5.52. The normalized spacial score (nSPS) is 23.8. The van der Waals surface area contributed by atoms with E-state index in [1.54, 1.807) is 30.1 Å². The number of halogens is 5. The molecule has 18 heteroatoms. The number of imidazole rings is 1. The number of carbonyl (C=O) groups excluding carboxylic acids is 3. The van der Waals surface area contributed by atoms with Crippen LogP contribution in [-0.4, -0.2) is 77.3 Å². The summed E-state index contributed by atoms with van der Waals surface area (Å²) in [5.74, 6) is -2.68. The van der Waals surface area contributed by atoms with Crippen molar-refractivity contribution in [2.75, 3.05) is 25.0 Å². The molecule has 1 unspecified atom stereocenters. The van der Waals surface area contributed by atoms with Crippen molar-refractivity contribution in [2.45, 2.75) is 75.3 Å². The fraction of sp³-hybridized carbons (Fsp3) is 0.447. The molecule has 5 heterocycles. The summed E-state index contributed by atoms with van der Waals surface area (Å²) >= 11 is 0. The second-order valence-electron chi connectivity index (χ2n) is 15.0. The largest absolute Gasteiger partial charge is 0.434 e. The number of carbonyl (C=O) groups is 3. The predicted octanol–water partition coefficient (Wildman–Crippen LogP) is 5.43. The van der Waals surface area contributed by atoms with Crippen molar-refractivity contribution in [3.8, 4) is 0 Å². The number of anilines is 1. The molecule has 3 aromatic heterocycles. The van der Waals surface area contributed by atoms with Crippen LogP contribution in [0.1, 0.15) is 84.7 Å². The SMILES string of the molecule is Cn1c(=O)n(C2CCC(=O)NC2=O)c2cccc([C@@H]3CCN(CC4CCC(n5cc6cc(NC(=O)c7cncc(C(F)(F)F)n7)cc(F)c6n5)CC4)C[C@H]3F)c21. The average Bonchev–Trinajstić information content (AvgIpc) is 3.70. The van der Waals surface area contributed by atoms with Crippen LogP contribution >= 0.6 is 0 Å². The van der Waals surface area contributed by atoms with Gasteiger partial charge in [0.05, 0.1) is 29.5 Å². The molecule has 3 amide bonds. The van der Waals surface area contributed by atoms with E-state index < -0.39 is 53.3 Å². The molecule has 3 fully saturated rings. The van der Waals surface area contributed by atoms with E-state index in [9.17, 15) is 32.3 Å². The van der Waals surface area contributed by atoms with E-state index in [1.807, 2.05) is 6.07 Å². The molecule has 1 aliphatic carbocycles. The summed E-state index contributed by atoms with van der Waals surface area (Å²) in [4.78, 5) is 59.4. The van der Waals surface area contributed by atoms with E-state index in [1.165, 1.54) is 15.2 Å². The van der Waals surface area contributed by atoms with Gasteiger partial charge in [-0.1, -0.05) is 12.1 Å². The molecular weight excluding hydrogens is 741 g/mol. The highest BCUT2D eigenvalue weighted by atomic mass is 19.4. The Bertz CT molecular complexity index is 2420. The van der Waals surface area contributed by atoms with Crippen molar-refractivity contribution in [2.24, 2.45) is 13.0 Å². The molecule has 3 atom stereocenters. The number of piperidine rings is 2. The number of hydrogen-bond donors (Lipinski definition) is 2. The summed E-state index contributed by atoms with van der Waals surface area (Å²) < 4.78 is 74.9. The summed E-state index contributed by atoms with van der Waals surface area (Å²) in [5, 5.41) is 9.60. The number of hydrogen-bond acceptors (Lipinski definition) is 8. The Morgan fingerprint density at radius 1 is 1.04 bits per heavy atom. The number of nitrogens with zero attached hydrogens (tertiary/aromatic N) is 7. The monoisotopic (exact) mass is 779 g/mol. The minimum absolute atomic E-state index is 0.00394. The number of alkyl halides is 4. The van der Waals surface area contributed by atoms with Gasteiger partial charge in [0.1, 0.15) is 23.4 Å². The van der Waals surface area contributed by atoms with Gasteiger partial charge >= 0.3 is 11.9 Å². The summed E-state index contributed by atoms with van der Waals surface area (Å²) in [6.45, 7) is 1.64. The molecule has 5 aromatic rings. The van der Waals surface area contributed by atoms with Gasteiger partial charge in [-0.15, -0.1) is 0 Å². The number of imide groups is 1. The molecule has 2 saturated heterocycles. The van der Waals surface area contributed by atoms with Crippen LogP contribution in [0.2, 0.25) is 0 Å². The van der Waals surface area contributed by atoms with E-state index in [4.69, 9.17) is 0 Å². The van der Waals surface area contributed by atoms with E-state index in [0.29, 0.717) is 41.5 Å². The first-order valence-electron chi connectivity index (χ1n) is 18.5. The van der Waals surface area contributed by atoms with Gasteiger partial charge in [0.15, 0.2) is 11.5 Å². The fourth-order valence-corrected chi connectivity index (χ4v) is 8.62. The molecule has 294 valence electrons. The first-order valence-corrected chi connectivity index (χ1v) is 18.5. The van der Waals surface area contributed by atoms with Gasteiger partial charge in [-0.2, -0.15) is 18.3 Å². The molecular formula is C38H38F5N9O4. The average molecular weight is 780 g/mol. The molecule has 1 saturated carbocycles. The number of rotatable bonds is 7. The van der Waals surface area contributed by atoms with E-state index in [2.05, 4.69) is 30.6 Å². The number of aryl methyl sites for hydroxylation is 1. The van der Waals surface area contributed by atoms with Crippen molar-refractivity contribution >= 4 is 45.3 Å². The van der Waals surface area contributed by atoms with Crippen molar-refractivity contribution in [1.29, 1.82) is 0 Å². The Morgan fingerprint density at radius 2 is 1.82 bits per heavy atom. The molecule has 0 bridgehead atoms. The van der Waals surface area contributed by atoms with Gasteiger partial charge in [0.25, 0.3) is 5.91 Å². The highest BCUT2D eigenvalue weighted by molar-refractivity contribution is 6.03. The quantitative estimate of drug-likeness (QED) is 0.164. The van der Waals surface area contributed by atoms with Crippen LogP contribution in [0, 0.1) is 11.7 Å². The summed E-state index contributed by atoms with van der Waals surface area (Å²) in [6.07, 6.45) is 1.28. The molecule has 8 rings (SSSR count). The highest BCUT2D eigenvalue weighted by Gasteiger charge is 2.37. The van der Waals surface area contributed by atoms with Crippen LogP contribution in [0.15, 0.2) is 53.7 Å². The lowest BCUT2D eigenvalue weighted by Crippen LogP contribution is -2.44. The topological polar surface area (TPSA) is 149 Å². The van der Waals surface area contributed by atoms with Crippen molar-refractivity contribution in [1.82, 2.24) is 39.1 Å². The lowest BCUT2D eigenvalue weighted by atomic mass is 9.83. The molecule has 13 nitrogen and oxygen atoms in total. The number of nitrogens with one attached hydrogen (secondary N) is 2. The van der Waals surface area contributed by atoms with Gasteiger partial charge in [0, 0.05) is 49.7 Å². The van der Waals surface area contributed by atoms with Gasteiger partial charge in [0.2, 0.25) is 11.8 Å². The van der Waals surface area contributed by atoms with E-state index in [0.717, 1.165) is 50.1 Å². The van der Waals surface area contributed by atoms with Crippen LogP contribution in [0.4, 0.5) is 27.6 Å². The minimum atomic E-state index is -4.78. The van der Waals surface area contributed by atoms with Crippen LogP contribution in [0.5, 0.6) is 0 Å². The lowest BCUT2D eigenvalue weighted by molar-refractivity contribution is -0.141. The third-order valence-electron chi connectivity index (χ3n) is 11.4. The van der Waals surface area contributed by atoms with Crippen LogP contribution in [0.25, 0.3) is 21.9 Å². The number of para-hydroxylation sites is 1. The smallest absolute Gasteiger partial charge is 0.320 e. The van der Waals surface area contributed by atoms with Gasteiger partial charge in [-0.3, -0.25) is 38.5 Å². The van der Waals surface area contributed by atoms with Gasteiger partial charge in [-0.05, 0) is 74.8 Å². The zero-order valence-corrected chi connectivity index (χ0v) is 30.2. The van der Waals surface area contributed by atoms with Crippen molar-refractivity contribution in [3.63, 3.8) is 0 Å². The van der Waals surface area contributed by atoms with Crippen LogP contribution in [-0.2, 0) is 22.8 Å². The zero-order valence-electron chi connectivity index (χ0n) is 30.2.